The van der Waals surface area contributed by atoms with Gasteiger partial charge in [-0.15, -0.1) is 0 Å². The van der Waals surface area contributed by atoms with E-state index in [1.54, 1.807) is 28.6 Å². The summed E-state index contributed by atoms with van der Waals surface area (Å²) in [6.07, 6.45) is 1.04. The highest BCUT2D eigenvalue weighted by molar-refractivity contribution is 7.90. The summed E-state index contributed by atoms with van der Waals surface area (Å²) < 4.78 is 30.7. The highest BCUT2D eigenvalue weighted by Gasteiger charge is 2.38. The van der Waals surface area contributed by atoms with E-state index in [1.807, 2.05) is 30.3 Å². The van der Waals surface area contributed by atoms with Crippen molar-refractivity contribution < 1.29 is 13.2 Å². The minimum atomic E-state index is -3.76. The zero-order valence-electron chi connectivity index (χ0n) is 19.1. The smallest absolute Gasteiger partial charge is 0.304 e. The molecule has 1 aliphatic heterocycles. The molecule has 0 unspecified atom stereocenters. The molecule has 0 spiro atoms. The van der Waals surface area contributed by atoms with Crippen LogP contribution in [0.2, 0.25) is 0 Å². The van der Waals surface area contributed by atoms with Gasteiger partial charge in [-0.1, -0.05) is 49.4 Å². The summed E-state index contributed by atoms with van der Waals surface area (Å²) in [4.78, 5) is 14.2. The third-order valence-corrected chi connectivity index (χ3v) is 7.83. The number of piperazine rings is 1. The second-order valence-corrected chi connectivity index (χ2v) is 10.3. The molecule has 0 bridgehead atoms. The molecule has 0 amide bonds. The molecule has 1 aliphatic rings. The number of anilines is 1. The van der Waals surface area contributed by atoms with Crippen molar-refractivity contribution in [2.45, 2.75) is 45.8 Å². The lowest BCUT2D eigenvalue weighted by molar-refractivity contribution is 0.0772. The molecule has 1 fully saturated rings. The molecule has 0 aliphatic carbocycles. The Kier molecular flexibility index (Phi) is 8.05. The van der Waals surface area contributed by atoms with Crippen molar-refractivity contribution in [1.82, 2.24) is 9.21 Å². The highest BCUT2D eigenvalue weighted by Crippen LogP contribution is 2.27. The normalized spacial score (nSPS) is 20.2. The minimum absolute atomic E-state index is 0.0513. The fourth-order valence-corrected chi connectivity index (χ4v) is 6.10. The largest absolute Gasteiger partial charge is 0.324 e. The van der Waals surface area contributed by atoms with Gasteiger partial charge in [-0.25, -0.2) is 0 Å². The molecular weight excluding hydrogens is 424 g/mol. The minimum Gasteiger partial charge on any atom is -0.324 e. The molecule has 8 heteroatoms. The van der Waals surface area contributed by atoms with Gasteiger partial charge in [0, 0.05) is 30.7 Å². The Labute approximate surface area is 192 Å². The monoisotopic (exact) mass is 458 g/mol. The predicted molar refractivity (Wildman–Crippen MR) is 129 cm³/mol. The summed E-state index contributed by atoms with van der Waals surface area (Å²) in [5.41, 5.74) is 7.39. The summed E-state index contributed by atoms with van der Waals surface area (Å²) in [5.74, 6) is -0.142. The molecule has 174 valence electrons. The topological polar surface area (TPSA) is 87.0 Å². The number of nitrogens with zero attached hydrogens (tertiary/aromatic N) is 3. The lowest BCUT2D eigenvalue weighted by atomic mass is 10.1. The van der Waals surface area contributed by atoms with Gasteiger partial charge in [0.15, 0.2) is 5.78 Å². The second kappa shape index (κ2) is 10.6. The van der Waals surface area contributed by atoms with Crippen molar-refractivity contribution in [2.24, 2.45) is 5.73 Å². The fraction of sp³-hybridized carbons (Fsp3) is 0.458. The summed E-state index contributed by atoms with van der Waals surface area (Å²) >= 11 is 0. The number of para-hydroxylation sites is 1. The first-order valence-electron chi connectivity index (χ1n) is 11.2. The van der Waals surface area contributed by atoms with Crippen LogP contribution in [0.4, 0.5) is 5.69 Å². The van der Waals surface area contributed by atoms with Crippen molar-refractivity contribution in [3.8, 4) is 0 Å². The number of Topliss-reactive ketones (excluding diaryl/α,β-unsaturated/α-hetero) is 1. The van der Waals surface area contributed by atoms with Crippen molar-refractivity contribution >= 4 is 21.7 Å². The van der Waals surface area contributed by atoms with Crippen molar-refractivity contribution in [1.29, 1.82) is 0 Å². The molecule has 7 nitrogen and oxygen atoms in total. The molecule has 2 aromatic carbocycles. The van der Waals surface area contributed by atoms with E-state index in [2.05, 4.69) is 25.7 Å². The maximum Gasteiger partial charge on any atom is 0.304 e. The van der Waals surface area contributed by atoms with E-state index in [0.717, 1.165) is 18.5 Å². The maximum absolute atomic E-state index is 13.8. The summed E-state index contributed by atoms with van der Waals surface area (Å²) in [6, 6.07) is 16.4. The summed E-state index contributed by atoms with van der Waals surface area (Å²) in [7, 11) is -3.76. The molecular formula is C24H34N4O3S. The summed E-state index contributed by atoms with van der Waals surface area (Å²) in [6.45, 7) is 8.34. The van der Waals surface area contributed by atoms with Crippen LogP contribution in [0.25, 0.3) is 0 Å². The van der Waals surface area contributed by atoms with E-state index in [0.29, 0.717) is 24.3 Å². The summed E-state index contributed by atoms with van der Waals surface area (Å²) in [5, 5.41) is 0. The van der Waals surface area contributed by atoms with Crippen molar-refractivity contribution in [3.63, 3.8) is 0 Å². The quantitative estimate of drug-likeness (QED) is 0.584. The van der Waals surface area contributed by atoms with Gasteiger partial charge in [-0.2, -0.15) is 12.7 Å². The highest BCUT2D eigenvalue weighted by atomic mass is 32.2. The molecule has 2 atom stereocenters. The van der Waals surface area contributed by atoms with Crippen LogP contribution in [0.3, 0.4) is 0 Å². The van der Waals surface area contributed by atoms with Crippen LogP contribution in [0.5, 0.6) is 0 Å². The van der Waals surface area contributed by atoms with Gasteiger partial charge in [0.1, 0.15) is 0 Å². The zero-order valence-corrected chi connectivity index (χ0v) is 20.0. The molecule has 0 radical (unpaired) electrons. The third kappa shape index (κ3) is 5.38. The van der Waals surface area contributed by atoms with Crippen LogP contribution in [0.1, 0.15) is 43.1 Å². The van der Waals surface area contributed by atoms with Crippen molar-refractivity contribution in [3.05, 3.63) is 65.7 Å². The number of hydrogen-bond donors (Lipinski definition) is 1. The first-order chi connectivity index (χ1) is 15.3. The van der Waals surface area contributed by atoms with Crippen LogP contribution >= 0.6 is 0 Å². The van der Waals surface area contributed by atoms with Gasteiger partial charge < -0.3 is 5.73 Å². The SMILES string of the molecule is CCCN1[C@H](C)CN(S(=O)(=O)N(Cc2ccc(C(=O)CN)cc2)c2ccccc2)C[C@@H]1C. The molecule has 3 rings (SSSR count). The number of rotatable bonds is 9. The molecule has 1 heterocycles. The second-order valence-electron chi connectivity index (χ2n) is 8.43. The first kappa shape index (κ1) is 24.4. The molecule has 0 saturated carbocycles. The van der Waals surface area contributed by atoms with Gasteiger partial charge in [0.25, 0.3) is 0 Å². The van der Waals surface area contributed by atoms with Gasteiger partial charge in [0.2, 0.25) is 0 Å². The number of hydrogen-bond acceptors (Lipinski definition) is 5. The number of carbonyl (C=O) groups is 1. The Morgan fingerprint density at radius 2 is 1.62 bits per heavy atom. The Hall–Kier alpha value is -2.26. The lowest BCUT2D eigenvalue weighted by Crippen LogP contribution is -2.60. The van der Waals surface area contributed by atoms with Gasteiger partial charge >= 0.3 is 10.2 Å². The van der Waals surface area contributed by atoms with Gasteiger partial charge in [-0.3, -0.25) is 14.0 Å². The Balaban J connectivity index is 1.89. The van der Waals surface area contributed by atoms with Crippen LogP contribution in [0.15, 0.2) is 54.6 Å². The van der Waals surface area contributed by atoms with Crippen LogP contribution in [0, 0.1) is 0 Å². The maximum atomic E-state index is 13.8. The zero-order chi connectivity index (χ0) is 23.3. The molecule has 0 aromatic heterocycles. The number of benzene rings is 2. The average Bonchev–Trinajstić information content (AvgIpc) is 2.80. The number of carbonyl (C=O) groups excluding carboxylic acids is 1. The van der Waals surface area contributed by atoms with E-state index in [9.17, 15) is 13.2 Å². The van der Waals surface area contributed by atoms with Crippen molar-refractivity contribution in [2.75, 3.05) is 30.5 Å². The number of nitrogens with two attached hydrogens (primary N) is 1. The Morgan fingerprint density at radius 1 is 1.03 bits per heavy atom. The molecule has 1 saturated heterocycles. The van der Waals surface area contributed by atoms with Gasteiger partial charge in [-0.05, 0) is 44.5 Å². The molecule has 32 heavy (non-hydrogen) atoms. The first-order valence-corrected chi connectivity index (χ1v) is 12.6. The molecule has 2 aromatic rings. The molecule has 2 N–H and O–H groups in total. The van der Waals surface area contributed by atoms with Crippen LogP contribution in [-0.2, 0) is 16.8 Å². The standard InChI is InChI=1S/C24H34N4O3S/c1-4-14-27-19(2)16-26(17-20(27)3)32(30,31)28(23-8-6-5-7-9-23)18-21-10-12-22(13-11-21)24(29)15-25/h5-13,19-20H,4,14-18,25H2,1-3H3/t19-,20+. The average molecular weight is 459 g/mol. The van der Waals surface area contributed by atoms with Crippen LogP contribution in [-0.4, -0.2) is 61.7 Å². The third-order valence-electron chi connectivity index (χ3n) is 5.99. The van der Waals surface area contributed by atoms with E-state index in [4.69, 9.17) is 5.73 Å². The van der Waals surface area contributed by atoms with E-state index >= 15 is 0 Å². The van der Waals surface area contributed by atoms with E-state index in [-0.39, 0.29) is 31.0 Å². The number of ketones is 1. The predicted octanol–water partition coefficient (Wildman–Crippen LogP) is 2.88. The van der Waals surface area contributed by atoms with Crippen LogP contribution < -0.4 is 10.0 Å². The van der Waals surface area contributed by atoms with E-state index < -0.39 is 10.2 Å². The van der Waals surface area contributed by atoms with Gasteiger partial charge in [0.05, 0.1) is 18.8 Å². The lowest BCUT2D eigenvalue weighted by Gasteiger charge is -2.45. The van der Waals surface area contributed by atoms with E-state index in [1.165, 1.54) is 4.31 Å². The Morgan fingerprint density at radius 3 is 2.16 bits per heavy atom. The fourth-order valence-electron chi connectivity index (χ4n) is 4.31. The Bertz CT molecular complexity index is 984.